The van der Waals surface area contributed by atoms with Gasteiger partial charge < -0.3 is 9.84 Å². The summed E-state index contributed by atoms with van der Waals surface area (Å²) in [6.45, 7) is 1.86. The third kappa shape index (κ3) is 3.59. The first-order valence-corrected chi connectivity index (χ1v) is 7.19. The summed E-state index contributed by atoms with van der Waals surface area (Å²) in [6.07, 6.45) is 0.718. The molecule has 0 spiro atoms. The average Bonchev–Trinajstić information content (AvgIpc) is 2.49. The standard InChI is InChI=1S/C15H14BrNO4/c1-2-10-3-6-15(13(8-10)17(19)20)21-14-5-4-11(9-18)7-12(14)16/h3-8,18H,2,9H2,1H3. The van der Waals surface area contributed by atoms with Crippen LogP contribution in [0.2, 0.25) is 0 Å². The molecule has 0 unspecified atom stereocenters. The van der Waals surface area contributed by atoms with Gasteiger partial charge >= 0.3 is 5.69 Å². The third-order valence-corrected chi connectivity index (χ3v) is 3.65. The van der Waals surface area contributed by atoms with E-state index in [0.29, 0.717) is 10.2 Å². The first-order chi connectivity index (χ1) is 10.0. The minimum atomic E-state index is -0.454. The van der Waals surface area contributed by atoms with Gasteiger partial charge in [-0.25, -0.2) is 0 Å². The van der Waals surface area contributed by atoms with Crippen LogP contribution in [0.4, 0.5) is 5.69 Å². The number of nitro groups is 1. The van der Waals surface area contributed by atoms with Crippen LogP contribution < -0.4 is 4.74 Å². The van der Waals surface area contributed by atoms with Crippen molar-refractivity contribution in [2.45, 2.75) is 20.0 Å². The van der Waals surface area contributed by atoms with E-state index in [1.807, 2.05) is 6.92 Å². The number of aryl methyl sites for hydroxylation is 1. The van der Waals surface area contributed by atoms with Crippen molar-refractivity contribution in [1.29, 1.82) is 0 Å². The number of aliphatic hydroxyl groups is 1. The van der Waals surface area contributed by atoms with Crippen LogP contribution in [0.15, 0.2) is 40.9 Å². The van der Waals surface area contributed by atoms with Crippen molar-refractivity contribution in [3.8, 4) is 11.5 Å². The molecular weight excluding hydrogens is 338 g/mol. The van der Waals surface area contributed by atoms with Gasteiger partial charge in [-0.1, -0.05) is 19.1 Å². The number of halogens is 1. The highest BCUT2D eigenvalue weighted by molar-refractivity contribution is 9.10. The fraction of sp³-hybridized carbons (Fsp3) is 0.200. The maximum Gasteiger partial charge on any atom is 0.311 e. The molecule has 0 heterocycles. The van der Waals surface area contributed by atoms with Crippen LogP contribution in [-0.4, -0.2) is 10.0 Å². The normalized spacial score (nSPS) is 10.4. The number of ether oxygens (including phenoxy) is 1. The zero-order valence-electron chi connectivity index (χ0n) is 11.4. The van der Waals surface area contributed by atoms with Gasteiger partial charge in [0.05, 0.1) is 16.0 Å². The number of nitro benzene ring substituents is 1. The van der Waals surface area contributed by atoms with E-state index < -0.39 is 4.92 Å². The van der Waals surface area contributed by atoms with Gasteiger partial charge in [0, 0.05) is 6.07 Å². The molecule has 0 aliphatic carbocycles. The van der Waals surface area contributed by atoms with E-state index >= 15 is 0 Å². The van der Waals surface area contributed by atoms with Crippen molar-refractivity contribution in [3.63, 3.8) is 0 Å². The van der Waals surface area contributed by atoms with Gasteiger partial charge in [-0.05, 0) is 51.7 Å². The highest BCUT2D eigenvalue weighted by Crippen LogP contribution is 2.36. The molecule has 0 saturated carbocycles. The summed E-state index contributed by atoms with van der Waals surface area (Å²) >= 11 is 3.33. The highest BCUT2D eigenvalue weighted by Gasteiger charge is 2.17. The maximum absolute atomic E-state index is 11.1. The molecule has 0 aromatic heterocycles. The Balaban J connectivity index is 2.37. The van der Waals surface area contributed by atoms with E-state index in [2.05, 4.69) is 15.9 Å². The van der Waals surface area contributed by atoms with Crippen molar-refractivity contribution in [2.24, 2.45) is 0 Å². The molecule has 0 aliphatic rings. The summed E-state index contributed by atoms with van der Waals surface area (Å²) in [4.78, 5) is 10.7. The topological polar surface area (TPSA) is 72.6 Å². The van der Waals surface area contributed by atoms with Gasteiger partial charge in [0.25, 0.3) is 0 Å². The molecule has 6 heteroatoms. The van der Waals surface area contributed by atoms with E-state index in [4.69, 9.17) is 9.84 Å². The summed E-state index contributed by atoms with van der Waals surface area (Å²) in [5.74, 6) is 0.647. The summed E-state index contributed by atoms with van der Waals surface area (Å²) in [6, 6.07) is 9.99. The zero-order chi connectivity index (χ0) is 15.4. The summed E-state index contributed by atoms with van der Waals surface area (Å²) < 4.78 is 6.26. The van der Waals surface area contributed by atoms with Gasteiger partial charge in [-0.15, -0.1) is 0 Å². The van der Waals surface area contributed by atoms with Crippen LogP contribution in [0.25, 0.3) is 0 Å². The van der Waals surface area contributed by atoms with Crippen molar-refractivity contribution >= 4 is 21.6 Å². The monoisotopic (exact) mass is 351 g/mol. The Hall–Kier alpha value is -1.92. The first kappa shape index (κ1) is 15.5. The Kier molecular flexibility index (Phi) is 4.93. The zero-order valence-corrected chi connectivity index (χ0v) is 13.0. The minimum absolute atomic E-state index is 0.0625. The molecule has 2 aromatic carbocycles. The predicted molar refractivity (Wildman–Crippen MR) is 82.6 cm³/mol. The van der Waals surface area contributed by atoms with Crippen LogP contribution in [0.1, 0.15) is 18.1 Å². The molecule has 0 radical (unpaired) electrons. The van der Waals surface area contributed by atoms with E-state index in [1.54, 1.807) is 30.3 Å². The second kappa shape index (κ2) is 6.69. The molecule has 0 saturated heterocycles. The maximum atomic E-state index is 11.1. The van der Waals surface area contributed by atoms with Crippen LogP contribution in [-0.2, 0) is 13.0 Å². The molecule has 2 rings (SSSR count). The predicted octanol–water partition coefficient (Wildman–Crippen LogP) is 4.20. The molecule has 0 amide bonds. The molecule has 110 valence electrons. The van der Waals surface area contributed by atoms with Gasteiger partial charge in [0.1, 0.15) is 5.75 Å². The lowest BCUT2D eigenvalue weighted by atomic mass is 10.1. The third-order valence-electron chi connectivity index (χ3n) is 3.03. The van der Waals surface area contributed by atoms with Gasteiger partial charge in [0.15, 0.2) is 0 Å². The van der Waals surface area contributed by atoms with Crippen molar-refractivity contribution in [3.05, 3.63) is 62.1 Å². The van der Waals surface area contributed by atoms with Crippen LogP contribution in [0, 0.1) is 10.1 Å². The van der Waals surface area contributed by atoms with E-state index in [-0.39, 0.29) is 18.0 Å². The molecular formula is C15H14BrNO4. The fourth-order valence-corrected chi connectivity index (χ4v) is 2.36. The van der Waals surface area contributed by atoms with Gasteiger partial charge in [-0.3, -0.25) is 10.1 Å². The van der Waals surface area contributed by atoms with Crippen molar-refractivity contribution in [2.75, 3.05) is 0 Å². The number of hydrogen-bond donors (Lipinski definition) is 1. The highest BCUT2D eigenvalue weighted by atomic mass is 79.9. The summed E-state index contributed by atoms with van der Waals surface area (Å²) in [7, 11) is 0. The average molecular weight is 352 g/mol. The van der Waals surface area contributed by atoms with Crippen molar-refractivity contribution < 1.29 is 14.8 Å². The Morgan fingerprint density at radius 3 is 2.43 bits per heavy atom. The van der Waals surface area contributed by atoms with Gasteiger partial charge in [0.2, 0.25) is 5.75 Å². The van der Waals surface area contributed by atoms with E-state index in [1.165, 1.54) is 6.07 Å². The second-order valence-electron chi connectivity index (χ2n) is 4.44. The number of hydrogen-bond acceptors (Lipinski definition) is 4. The van der Waals surface area contributed by atoms with Crippen molar-refractivity contribution in [1.82, 2.24) is 0 Å². The summed E-state index contributed by atoms with van der Waals surface area (Å²) in [5.41, 5.74) is 1.54. The molecule has 0 aliphatic heterocycles. The number of rotatable bonds is 5. The number of aliphatic hydroxyl groups excluding tert-OH is 1. The molecule has 21 heavy (non-hydrogen) atoms. The molecule has 0 atom stereocenters. The second-order valence-corrected chi connectivity index (χ2v) is 5.29. The Morgan fingerprint density at radius 1 is 1.19 bits per heavy atom. The molecule has 1 N–H and O–H groups in total. The molecule has 2 aromatic rings. The number of benzene rings is 2. The van der Waals surface area contributed by atoms with Crippen LogP contribution in [0.5, 0.6) is 11.5 Å². The first-order valence-electron chi connectivity index (χ1n) is 6.39. The number of nitrogens with zero attached hydrogens (tertiary/aromatic N) is 1. The lowest BCUT2D eigenvalue weighted by molar-refractivity contribution is -0.385. The van der Waals surface area contributed by atoms with E-state index in [0.717, 1.165) is 17.5 Å². The smallest absolute Gasteiger partial charge is 0.311 e. The lowest BCUT2D eigenvalue weighted by Gasteiger charge is -2.10. The largest absolute Gasteiger partial charge is 0.449 e. The Bertz CT molecular complexity index is 673. The quantitative estimate of drug-likeness (QED) is 0.646. The van der Waals surface area contributed by atoms with Gasteiger partial charge in [-0.2, -0.15) is 0 Å². The summed E-state index contributed by atoms with van der Waals surface area (Å²) in [5, 5.41) is 20.2. The molecule has 0 fully saturated rings. The van der Waals surface area contributed by atoms with Crippen LogP contribution in [0.3, 0.4) is 0 Å². The van der Waals surface area contributed by atoms with E-state index in [9.17, 15) is 10.1 Å². The fourth-order valence-electron chi connectivity index (χ4n) is 1.86. The minimum Gasteiger partial charge on any atom is -0.449 e. The lowest BCUT2D eigenvalue weighted by Crippen LogP contribution is -1.96. The van der Waals surface area contributed by atoms with Crippen LogP contribution >= 0.6 is 15.9 Å². The Morgan fingerprint density at radius 2 is 1.86 bits per heavy atom. The molecule has 0 bridgehead atoms. The Labute approximate surface area is 130 Å². The molecule has 5 nitrogen and oxygen atoms in total. The SMILES string of the molecule is CCc1ccc(Oc2ccc(CO)cc2Br)c([N+](=O)[O-])c1.